The summed E-state index contributed by atoms with van der Waals surface area (Å²) >= 11 is 3.45. The fourth-order valence-corrected chi connectivity index (χ4v) is 1.92. The van der Waals surface area contributed by atoms with Gasteiger partial charge >= 0.3 is 0 Å². The zero-order chi connectivity index (χ0) is 10.1. The fraction of sp³-hybridized carbons (Fsp3) is 0.200. The standard InChI is InChI=1S/C10H11BrN2O/c11-7-3-1-2-6-4-9(8(12)5-14)13-10(6)7/h1-4,8,13-14H,5,12H2/t8-/m1/s1. The average molecular weight is 255 g/mol. The first-order chi connectivity index (χ1) is 6.72. The van der Waals surface area contributed by atoms with E-state index in [0.717, 1.165) is 21.1 Å². The Balaban J connectivity index is 2.56. The first-order valence-corrected chi connectivity index (χ1v) is 5.15. The third-order valence-electron chi connectivity index (χ3n) is 2.22. The molecule has 0 saturated carbocycles. The van der Waals surface area contributed by atoms with E-state index in [0.29, 0.717) is 0 Å². The van der Waals surface area contributed by atoms with E-state index in [2.05, 4.69) is 20.9 Å². The molecule has 3 nitrogen and oxygen atoms in total. The predicted octanol–water partition coefficient (Wildman–Crippen LogP) is 1.92. The van der Waals surface area contributed by atoms with Crippen molar-refractivity contribution >= 4 is 26.8 Å². The lowest BCUT2D eigenvalue weighted by molar-refractivity contribution is 0.266. The minimum Gasteiger partial charge on any atom is -0.394 e. The van der Waals surface area contributed by atoms with Gasteiger partial charge in [0.1, 0.15) is 0 Å². The number of halogens is 1. The number of benzene rings is 1. The number of aromatic amines is 1. The Kier molecular flexibility index (Phi) is 2.58. The second-order valence-corrected chi connectivity index (χ2v) is 4.07. The van der Waals surface area contributed by atoms with Gasteiger partial charge in [-0.3, -0.25) is 0 Å². The summed E-state index contributed by atoms with van der Waals surface area (Å²) < 4.78 is 1.01. The van der Waals surface area contributed by atoms with E-state index < -0.39 is 0 Å². The second-order valence-electron chi connectivity index (χ2n) is 3.22. The summed E-state index contributed by atoms with van der Waals surface area (Å²) in [5, 5.41) is 10.0. The number of para-hydroxylation sites is 1. The van der Waals surface area contributed by atoms with Gasteiger partial charge in [-0.15, -0.1) is 0 Å². The molecule has 0 aliphatic rings. The van der Waals surface area contributed by atoms with E-state index in [1.165, 1.54) is 0 Å². The Labute approximate surface area is 90.1 Å². The van der Waals surface area contributed by atoms with E-state index in [1.54, 1.807) is 0 Å². The maximum atomic E-state index is 8.93. The lowest BCUT2D eigenvalue weighted by Crippen LogP contribution is -2.14. The summed E-state index contributed by atoms with van der Waals surface area (Å²) in [6.07, 6.45) is 0. The number of hydrogen-bond acceptors (Lipinski definition) is 2. The van der Waals surface area contributed by atoms with Crippen molar-refractivity contribution in [2.24, 2.45) is 5.73 Å². The minimum atomic E-state index is -0.339. The van der Waals surface area contributed by atoms with Crippen molar-refractivity contribution in [1.29, 1.82) is 0 Å². The molecule has 0 spiro atoms. The topological polar surface area (TPSA) is 62.0 Å². The highest BCUT2D eigenvalue weighted by molar-refractivity contribution is 9.10. The molecule has 14 heavy (non-hydrogen) atoms. The van der Waals surface area contributed by atoms with Crippen LogP contribution in [0.25, 0.3) is 10.9 Å². The van der Waals surface area contributed by atoms with Crippen LogP contribution in [0, 0.1) is 0 Å². The summed E-state index contributed by atoms with van der Waals surface area (Å²) in [5.41, 5.74) is 7.59. The monoisotopic (exact) mass is 254 g/mol. The molecule has 0 unspecified atom stereocenters. The predicted molar refractivity (Wildman–Crippen MR) is 60.0 cm³/mol. The molecule has 2 aromatic rings. The lowest BCUT2D eigenvalue weighted by atomic mass is 10.2. The lowest BCUT2D eigenvalue weighted by Gasteiger charge is -2.03. The fourth-order valence-electron chi connectivity index (χ4n) is 1.44. The molecule has 0 aliphatic carbocycles. The molecule has 0 radical (unpaired) electrons. The number of nitrogens with two attached hydrogens (primary N) is 1. The highest BCUT2D eigenvalue weighted by Crippen LogP contribution is 2.25. The molecule has 4 N–H and O–H groups in total. The maximum absolute atomic E-state index is 8.93. The van der Waals surface area contributed by atoms with Crippen LogP contribution in [0.5, 0.6) is 0 Å². The zero-order valence-electron chi connectivity index (χ0n) is 7.50. The largest absolute Gasteiger partial charge is 0.394 e. The zero-order valence-corrected chi connectivity index (χ0v) is 9.08. The van der Waals surface area contributed by atoms with E-state index >= 15 is 0 Å². The third kappa shape index (κ3) is 1.56. The van der Waals surface area contributed by atoms with Gasteiger partial charge < -0.3 is 15.8 Å². The van der Waals surface area contributed by atoms with Crippen LogP contribution in [0.15, 0.2) is 28.7 Å². The molecular formula is C10H11BrN2O. The summed E-state index contributed by atoms with van der Waals surface area (Å²) in [6, 6.07) is 7.56. The maximum Gasteiger partial charge on any atom is 0.0683 e. The molecule has 2 rings (SSSR count). The first-order valence-electron chi connectivity index (χ1n) is 4.36. The van der Waals surface area contributed by atoms with Gasteiger partial charge in [0.15, 0.2) is 0 Å². The van der Waals surface area contributed by atoms with Crippen LogP contribution in [0.3, 0.4) is 0 Å². The third-order valence-corrected chi connectivity index (χ3v) is 2.88. The van der Waals surface area contributed by atoms with Crippen molar-refractivity contribution in [3.05, 3.63) is 34.4 Å². The van der Waals surface area contributed by atoms with Crippen molar-refractivity contribution in [2.45, 2.75) is 6.04 Å². The SMILES string of the molecule is N[C@H](CO)c1cc2cccc(Br)c2[nH]1. The number of nitrogens with one attached hydrogen (secondary N) is 1. The molecule has 4 heteroatoms. The van der Waals surface area contributed by atoms with E-state index in [4.69, 9.17) is 10.8 Å². The van der Waals surface area contributed by atoms with Crippen LogP contribution < -0.4 is 5.73 Å². The Bertz CT molecular complexity index is 452. The summed E-state index contributed by atoms with van der Waals surface area (Å²) in [4.78, 5) is 3.18. The van der Waals surface area contributed by atoms with Gasteiger partial charge in [-0.2, -0.15) is 0 Å². The molecule has 74 valence electrons. The van der Waals surface area contributed by atoms with Crippen molar-refractivity contribution in [1.82, 2.24) is 4.98 Å². The molecule has 1 atom stereocenters. The summed E-state index contributed by atoms with van der Waals surface area (Å²) in [5.74, 6) is 0. The first kappa shape index (κ1) is 9.71. The van der Waals surface area contributed by atoms with Crippen molar-refractivity contribution in [3.8, 4) is 0 Å². The quantitative estimate of drug-likeness (QED) is 0.767. The van der Waals surface area contributed by atoms with Crippen LogP contribution in [-0.4, -0.2) is 16.7 Å². The van der Waals surface area contributed by atoms with Gasteiger partial charge in [0.05, 0.1) is 18.2 Å². The number of aromatic nitrogens is 1. The van der Waals surface area contributed by atoms with E-state index in [9.17, 15) is 0 Å². The highest BCUT2D eigenvalue weighted by Gasteiger charge is 2.08. The number of aliphatic hydroxyl groups excluding tert-OH is 1. The van der Waals surface area contributed by atoms with Crippen LogP contribution in [0.2, 0.25) is 0 Å². The smallest absolute Gasteiger partial charge is 0.0683 e. The van der Waals surface area contributed by atoms with Crippen molar-refractivity contribution in [3.63, 3.8) is 0 Å². The molecule has 0 bridgehead atoms. The van der Waals surface area contributed by atoms with Gasteiger partial charge in [0, 0.05) is 15.6 Å². The molecule has 1 aromatic heterocycles. The Hall–Kier alpha value is -0.840. The number of aliphatic hydroxyl groups is 1. The molecular weight excluding hydrogens is 244 g/mol. The van der Waals surface area contributed by atoms with Crippen LogP contribution in [-0.2, 0) is 0 Å². The molecule has 0 saturated heterocycles. The number of H-pyrrole nitrogens is 1. The number of fused-ring (bicyclic) bond motifs is 1. The number of rotatable bonds is 2. The van der Waals surface area contributed by atoms with Crippen LogP contribution in [0.4, 0.5) is 0 Å². The van der Waals surface area contributed by atoms with Gasteiger partial charge in [-0.1, -0.05) is 12.1 Å². The molecule has 0 aliphatic heterocycles. The summed E-state index contributed by atoms with van der Waals surface area (Å²) in [6.45, 7) is -0.0511. The Morgan fingerprint density at radius 3 is 2.93 bits per heavy atom. The Morgan fingerprint density at radius 1 is 1.50 bits per heavy atom. The summed E-state index contributed by atoms with van der Waals surface area (Å²) in [7, 11) is 0. The van der Waals surface area contributed by atoms with Gasteiger partial charge in [0.25, 0.3) is 0 Å². The molecule has 1 aromatic carbocycles. The number of hydrogen-bond donors (Lipinski definition) is 3. The van der Waals surface area contributed by atoms with Gasteiger partial charge in [0.2, 0.25) is 0 Å². The molecule has 0 amide bonds. The van der Waals surface area contributed by atoms with Gasteiger partial charge in [-0.25, -0.2) is 0 Å². The normalized spacial score (nSPS) is 13.4. The van der Waals surface area contributed by atoms with E-state index in [-0.39, 0.29) is 12.6 Å². The van der Waals surface area contributed by atoms with E-state index in [1.807, 2.05) is 24.3 Å². The average Bonchev–Trinajstić information content (AvgIpc) is 2.62. The van der Waals surface area contributed by atoms with Crippen LogP contribution >= 0.6 is 15.9 Å². The molecule has 1 heterocycles. The highest BCUT2D eigenvalue weighted by atomic mass is 79.9. The van der Waals surface area contributed by atoms with Crippen molar-refractivity contribution < 1.29 is 5.11 Å². The molecule has 0 fully saturated rings. The minimum absolute atomic E-state index is 0.0511. The Morgan fingerprint density at radius 2 is 2.29 bits per heavy atom. The van der Waals surface area contributed by atoms with Gasteiger partial charge in [-0.05, 0) is 28.1 Å². The van der Waals surface area contributed by atoms with Crippen molar-refractivity contribution in [2.75, 3.05) is 6.61 Å². The second kappa shape index (κ2) is 3.73. The van der Waals surface area contributed by atoms with Crippen LogP contribution in [0.1, 0.15) is 11.7 Å².